The van der Waals surface area contributed by atoms with Crippen LogP contribution in [-0.4, -0.2) is 18.0 Å². The Balaban J connectivity index is 1.78. The van der Waals surface area contributed by atoms with E-state index in [4.69, 9.17) is 4.74 Å². The van der Waals surface area contributed by atoms with Crippen molar-refractivity contribution >= 4 is 22.5 Å². The van der Waals surface area contributed by atoms with Crippen LogP contribution in [0.3, 0.4) is 0 Å². The molecule has 0 fully saturated rings. The number of anilines is 1. The molecule has 3 rings (SSSR count). The minimum Gasteiger partial charge on any atom is -0.497 e. The molecule has 1 amide bonds. The van der Waals surface area contributed by atoms with Crippen molar-refractivity contribution in [3.05, 3.63) is 59.3 Å². The highest BCUT2D eigenvalue weighted by Gasteiger charge is 2.13. The standard InChI is InChI=1S/C21H24N2O2/c1-13(2)15-5-7-16(8-6-15)23-21(24)12-18-14(3)22-20-10-9-17(25-4)11-19(18)20/h5-11,13,22H,12H2,1-4H3,(H,23,24). The van der Waals surface area contributed by atoms with E-state index in [1.165, 1.54) is 5.56 Å². The molecule has 2 aromatic carbocycles. The summed E-state index contributed by atoms with van der Waals surface area (Å²) in [6.07, 6.45) is 0.324. The molecule has 4 nitrogen and oxygen atoms in total. The summed E-state index contributed by atoms with van der Waals surface area (Å²) in [7, 11) is 1.65. The Kier molecular flexibility index (Phi) is 4.79. The fraction of sp³-hybridized carbons (Fsp3) is 0.286. The molecule has 0 bridgehead atoms. The van der Waals surface area contributed by atoms with E-state index in [0.29, 0.717) is 12.3 Å². The van der Waals surface area contributed by atoms with Crippen molar-refractivity contribution in [2.75, 3.05) is 12.4 Å². The third-order valence-corrected chi connectivity index (χ3v) is 4.53. The lowest BCUT2D eigenvalue weighted by Gasteiger charge is -2.09. The van der Waals surface area contributed by atoms with Gasteiger partial charge in [-0.1, -0.05) is 26.0 Å². The van der Waals surface area contributed by atoms with Crippen LogP contribution >= 0.6 is 0 Å². The Morgan fingerprint density at radius 2 is 1.88 bits per heavy atom. The van der Waals surface area contributed by atoms with Crippen molar-refractivity contribution in [3.63, 3.8) is 0 Å². The van der Waals surface area contributed by atoms with E-state index in [1.54, 1.807) is 7.11 Å². The molecule has 0 saturated heterocycles. The molecule has 0 radical (unpaired) electrons. The van der Waals surface area contributed by atoms with Gasteiger partial charge in [-0.2, -0.15) is 0 Å². The summed E-state index contributed by atoms with van der Waals surface area (Å²) in [6.45, 7) is 6.30. The summed E-state index contributed by atoms with van der Waals surface area (Å²) >= 11 is 0. The number of aromatic nitrogens is 1. The minimum atomic E-state index is -0.0240. The van der Waals surface area contributed by atoms with Crippen molar-refractivity contribution in [3.8, 4) is 5.75 Å². The summed E-state index contributed by atoms with van der Waals surface area (Å²) < 4.78 is 5.30. The van der Waals surface area contributed by atoms with E-state index in [0.717, 1.165) is 33.6 Å². The van der Waals surface area contributed by atoms with E-state index < -0.39 is 0 Å². The zero-order valence-electron chi connectivity index (χ0n) is 15.1. The highest BCUT2D eigenvalue weighted by Crippen LogP contribution is 2.27. The van der Waals surface area contributed by atoms with Crippen molar-refractivity contribution in [2.24, 2.45) is 0 Å². The molecule has 2 N–H and O–H groups in total. The SMILES string of the molecule is COc1ccc2[nH]c(C)c(CC(=O)Nc3ccc(C(C)C)cc3)c2c1. The average Bonchev–Trinajstić information content (AvgIpc) is 2.90. The molecule has 0 spiro atoms. The lowest BCUT2D eigenvalue weighted by atomic mass is 10.0. The van der Waals surface area contributed by atoms with Gasteiger partial charge in [-0.15, -0.1) is 0 Å². The molecule has 3 aromatic rings. The Morgan fingerprint density at radius 1 is 1.16 bits per heavy atom. The normalized spacial score (nSPS) is 11.1. The number of aromatic amines is 1. The van der Waals surface area contributed by atoms with Gasteiger partial charge in [-0.05, 0) is 54.3 Å². The largest absolute Gasteiger partial charge is 0.497 e. The first-order valence-corrected chi connectivity index (χ1v) is 8.53. The number of hydrogen-bond acceptors (Lipinski definition) is 2. The molecule has 25 heavy (non-hydrogen) atoms. The van der Waals surface area contributed by atoms with Gasteiger partial charge in [-0.25, -0.2) is 0 Å². The van der Waals surface area contributed by atoms with E-state index in [9.17, 15) is 4.79 Å². The fourth-order valence-corrected chi connectivity index (χ4v) is 3.03. The van der Waals surface area contributed by atoms with E-state index >= 15 is 0 Å². The summed E-state index contributed by atoms with van der Waals surface area (Å²) in [5.74, 6) is 1.25. The van der Waals surface area contributed by atoms with Crippen LogP contribution in [-0.2, 0) is 11.2 Å². The molecular formula is C21H24N2O2. The molecule has 4 heteroatoms. The molecule has 0 aliphatic rings. The van der Waals surface area contributed by atoms with Crippen molar-refractivity contribution in [1.82, 2.24) is 4.98 Å². The van der Waals surface area contributed by atoms with Crippen LogP contribution in [0.5, 0.6) is 5.75 Å². The molecule has 0 atom stereocenters. The van der Waals surface area contributed by atoms with Crippen LogP contribution in [0, 0.1) is 6.92 Å². The zero-order chi connectivity index (χ0) is 18.0. The Hall–Kier alpha value is -2.75. The van der Waals surface area contributed by atoms with Gasteiger partial charge < -0.3 is 15.0 Å². The number of methoxy groups -OCH3 is 1. The third-order valence-electron chi connectivity index (χ3n) is 4.53. The maximum Gasteiger partial charge on any atom is 0.228 e. The first kappa shape index (κ1) is 17.1. The number of hydrogen-bond donors (Lipinski definition) is 2. The lowest BCUT2D eigenvalue weighted by Crippen LogP contribution is -2.14. The van der Waals surface area contributed by atoms with E-state index in [2.05, 4.69) is 36.3 Å². The molecule has 1 aromatic heterocycles. The highest BCUT2D eigenvalue weighted by atomic mass is 16.5. The highest BCUT2D eigenvalue weighted by molar-refractivity contribution is 5.96. The molecule has 0 saturated carbocycles. The van der Waals surface area contributed by atoms with Crippen LogP contribution in [0.1, 0.15) is 36.6 Å². The van der Waals surface area contributed by atoms with Crippen LogP contribution < -0.4 is 10.1 Å². The quantitative estimate of drug-likeness (QED) is 0.704. The number of carbonyl (C=O) groups is 1. The Labute approximate surface area is 148 Å². The van der Waals surface area contributed by atoms with Gasteiger partial charge in [0, 0.05) is 22.3 Å². The Bertz CT molecular complexity index is 892. The molecule has 1 heterocycles. The van der Waals surface area contributed by atoms with Crippen molar-refractivity contribution in [2.45, 2.75) is 33.1 Å². The maximum absolute atomic E-state index is 12.5. The van der Waals surface area contributed by atoms with Crippen LogP contribution in [0.25, 0.3) is 10.9 Å². The fourth-order valence-electron chi connectivity index (χ4n) is 3.03. The number of aryl methyl sites for hydroxylation is 1. The minimum absolute atomic E-state index is 0.0240. The molecule has 0 unspecified atom stereocenters. The van der Waals surface area contributed by atoms with E-state index in [1.807, 2.05) is 37.3 Å². The lowest BCUT2D eigenvalue weighted by molar-refractivity contribution is -0.115. The predicted molar refractivity (Wildman–Crippen MR) is 102 cm³/mol. The number of amides is 1. The van der Waals surface area contributed by atoms with Crippen LogP contribution in [0.2, 0.25) is 0 Å². The zero-order valence-corrected chi connectivity index (χ0v) is 15.1. The second kappa shape index (κ2) is 7.01. The smallest absolute Gasteiger partial charge is 0.228 e. The van der Waals surface area contributed by atoms with E-state index in [-0.39, 0.29) is 5.91 Å². The number of H-pyrrole nitrogens is 1. The summed E-state index contributed by atoms with van der Waals surface area (Å²) in [4.78, 5) is 15.8. The maximum atomic E-state index is 12.5. The van der Waals surface area contributed by atoms with Crippen molar-refractivity contribution in [1.29, 1.82) is 0 Å². The second-order valence-corrected chi connectivity index (χ2v) is 6.64. The third kappa shape index (κ3) is 3.68. The topological polar surface area (TPSA) is 54.1 Å². The molecular weight excluding hydrogens is 312 g/mol. The molecule has 130 valence electrons. The van der Waals surface area contributed by atoms with Gasteiger partial charge in [0.15, 0.2) is 0 Å². The number of fused-ring (bicyclic) bond motifs is 1. The number of ether oxygens (including phenoxy) is 1. The predicted octanol–water partition coefficient (Wildman–Crippen LogP) is 4.79. The van der Waals surface area contributed by atoms with Gasteiger partial charge in [0.25, 0.3) is 0 Å². The van der Waals surface area contributed by atoms with Gasteiger partial charge in [0.05, 0.1) is 13.5 Å². The van der Waals surface area contributed by atoms with Crippen molar-refractivity contribution < 1.29 is 9.53 Å². The number of rotatable bonds is 5. The number of carbonyl (C=O) groups excluding carboxylic acids is 1. The first-order chi connectivity index (χ1) is 12.0. The average molecular weight is 336 g/mol. The van der Waals surface area contributed by atoms with Crippen LogP contribution in [0.4, 0.5) is 5.69 Å². The number of benzene rings is 2. The van der Waals surface area contributed by atoms with Gasteiger partial charge in [-0.3, -0.25) is 4.79 Å². The summed E-state index contributed by atoms with van der Waals surface area (Å²) in [5, 5.41) is 4.01. The Morgan fingerprint density at radius 3 is 2.52 bits per heavy atom. The van der Waals surface area contributed by atoms with Gasteiger partial charge in [0.2, 0.25) is 5.91 Å². The van der Waals surface area contributed by atoms with Gasteiger partial charge >= 0.3 is 0 Å². The van der Waals surface area contributed by atoms with Crippen LogP contribution in [0.15, 0.2) is 42.5 Å². The second-order valence-electron chi connectivity index (χ2n) is 6.64. The summed E-state index contributed by atoms with van der Waals surface area (Å²) in [5.41, 5.74) is 5.11. The molecule has 0 aliphatic carbocycles. The number of nitrogens with one attached hydrogen (secondary N) is 2. The first-order valence-electron chi connectivity index (χ1n) is 8.53. The molecule has 0 aliphatic heterocycles. The monoisotopic (exact) mass is 336 g/mol. The van der Waals surface area contributed by atoms with Gasteiger partial charge in [0.1, 0.15) is 5.75 Å². The summed E-state index contributed by atoms with van der Waals surface area (Å²) in [6, 6.07) is 13.9.